The van der Waals surface area contributed by atoms with Crippen LogP contribution in [0.5, 0.6) is 0 Å². The number of hydrogen-bond acceptors (Lipinski definition) is 8. The lowest BCUT2D eigenvalue weighted by Crippen LogP contribution is -2.57. The average molecular weight is 731 g/mol. The van der Waals surface area contributed by atoms with Crippen molar-refractivity contribution in [3.8, 4) is 0 Å². The maximum Gasteiger partial charge on any atom is 0.408 e. The molecule has 294 valence electrons. The SMILES string of the molecule is C.CCC.CCCC(CC(=O)[C@@H]1CCCN1C(=O)C(NC(=O)OC(C)C(C)C)C(C)(C)C)C(=O)C(=O)CCC(=O)N[C@H](C(=O)NC)c1ccccc1. The molecule has 12 heteroatoms. The number of amides is 4. The maximum atomic E-state index is 13.8. The molecule has 1 aromatic rings. The number of rotatable bonds is 17. The van der Waals surface area contributed by atoms with Crippen LogP contribution in [0.15, 0.2) is 30.3 Å². The van der Waals surface area contributed by atoms with E-state index < -0.39 is 64.8 Å². The predicted molar refractivity (Wildman–Crippen MR) is 203 cm³/mol. The van der Waals surface area contributed by atoms with Gasteiger partial charge in [0.1, 0.15) is 18.2 Å². The topological polar surface area (TPSA) is 168 Å². The van der Waals surface area contributed by atoms with E-state index in [-0.39, 0.29) is 44.5 Å². The molecule has 1 aliphatic heterocycles. The molecule has 1 heterocycles. The van der Waals surface area contributed by atoms with Gasteiger partial charge in [-0.2, -0.15) is 0 Å². The van der Waals surface area contributed by atoms with Gasteiger partial charge < -0.3 is 25.6 Å². The molecule has 0 aliphatic carbocycles. The summed E-state index contributed by atoms with van der Waals surface area (Å²) in [5.74, 6) is -4.01. The van der Waals surface area contributed by atoms with Gasteiger partial charge in [0.15, 0.2) is 11.6 Å². The minimum Gasteiger partial charge on any atom is -0.446 e. The van der Waals surface area contributed by atoms with Crippen LogP contribution >= 0.6 is 0 Å². The zero-order chi connectivity index (χ0) is 38.9. The summed E-state index contributed by atoms with van der Waals surface area (Å²) in [5, 5.41) is 7.84. The van der Waals surface area contributed by atoms with Gasteiger partial charge in [0.05, 0.1) is 6.04 Å². The molecule has 1 saturated heterocycles. The molecule has 0 spiro atoms. The predicted octanol–water partition coefficient (Wildman–Crippen LogP) is 6.11. The number of ether oxygens (including phenoxy) is 1. The number of nitrogens with one attached hydrogen (secondary N) is 3. The molecule has 3 N–H and O–H groups in total. The van der Waals surface area contributed by atoms with Crippen LogP contribution in [0.4, 0.5) is 4.79 Å². The van der Waals surface area contributed by atoms with Crippen molar-refractivity contribution in [1.29, 1.82) is 0 Å². The third-order valence-electron chi connectivity index (χ3n) is 8.77. The fourth-order valence-electron chi connectivity index (χ4n) is 5.59. The van der Waals surface area contributed by atoms with Crippen LogP contribution in [0.1, 0.15) is 133 Å². The van der Waals surface area contributed by atoms with Gasteiger partial charge in [0.2, 0.25) is 23.5 Å². The van der Waals surface area contributed by atoms with Gasteiger partial charge in [-0.05, 0) is 43.1 Å². The van der Waals surface area contributed by atoms with Gasteiger partial charge in [-0.15, -0.1) is 0 Å². The van der Waals surface area contributed by atoms with E-state index in [1.54, 1.807) is 37.3 Å². The summed E-state index contributed by atoms with van der Waals surface area (Å²) in [7, 11) is 1.45. The number of likely N-dealkylation sites (N-methyl/N-ethyl adjacent to an activating group) is 1. The molecule has 5 atom stereocenters. The Morgan fingerprint density at radius 3 is 2.04 bits per heavy atom. The van der Waals surface area contributed by atoms with Crippen molar-refractivity contribution in [3.63, 3.8) is 0 Å². The van der Waals surface area contributed by atoms with Crippen molar-refractivity contribution in [2.24, 2.45) is 17.3 Å². The standard InChI is InChI=1S/C36H54N4O8.C3H8.CH4/c1-9-14-25(31(44)27(41)18-19-29(43)38-30(33(45)37-8)24-15-11-10-12-16-24)21-28(42)26-17-13-20-40(26)34(46)32(36(5,6)7)39-35(47)48-23(4)22(2)3;1-3-2;/h10-12,15-16,22-23,25-26,30,32H,9,13-14,17-21H2,1-8H3,(H,37,45)(H,38,43)(H,39,47);3H2,1-2H3;1H4/t23?,25?,26-,30-,32?;;/m0../s1. The zero-order valence-corrected chi connectivity index (χ0v) is 32.4. The molecule has 1 aliphatic rings. The summed E-state index contributed by atoms with van der Waals surface area (Å²) in [5.41, 5.74) is -0.118. The molecule has 0 saturated carbocycles. The first-order valence-corrected chi connectivity index (χ1v) is 18.4. The Hall–Kier alpha value is -4.09. The molecule has 3 unspecified atom stereocenters. The van der Waals surface area contributed by atoms with E-state index in [9.17, 15) is 33.6 Å². The first-order valence-electron chi connectivity index (χ1n) is 18.4. The average Bonchev–Trinajstić information content (AvgIpc) is 3.58. The first kappa shape index (κ1) is 47.9. The smallest absolute Gasteiger partial charge is 0.408 e. The number of alkyl carbamates (subject to hydrolysis) is 1. The number of likely N-dealkylation sites (tertiary alicyclic amines) is 1. The van der Waals surface area contributed by atoms with E-state index in [0.717, 1.165) is 0 Å². The van der Waals surface area contributed by atoms with Crippen molar-refractivity contribution in [1.82, 2.24) is 20.9 Å². The number of ketones is 3. The van der Waals surface area contributed by atoms with Gasteiger partial charge in [0, 0.05) is 38.8 Å². The monoisotopic (exact) mass is 730 g/mol. The highest BCUT2D eigenvalue weighted by Gasteiger charge is 2.43. The molecular formula is C40H66N4O8. The fraction of sp³-hybridized carbons (Fsp3) is 0.675. The molecule has 12 nitrogen and oxygen atoms in total. The highest BCUT2D eigenvalue weighted by Crippen LogP contribution is 2.28. The number of carbonyl (C=O) groups is 7. The van der Waals surface area contributed by atoms with Gasteiger partial charge >= 0.3 is 6.09 Å². The molecule has 1 fully saturated rings. The van der Waals surface area contributed by atoms with Crippen LogP contribution < -0.4 is 16.0 Å². The van der Waals surface area contributed by atoms with E-state index in [1.165, 1.54) is 18.4 Å². The lowest BCUT2D eigenvalue weighted by atomic mass is 9.85. The minimum absolute atomic E-state index is 0. The van der Waals surface area contributed by atoms with Crippen LogP contribution in [0.2, 0.25) is 0 Å². The van der Waals surface area contributed by atoms with E-state index in [1.807, 2.05) is 41.5 Å². The largest absolute Gasteiger partial charge is 0.446 e. The summed E-state index contributed by atoms with van der Waals surface area (Å²) < 4.78 is 5.44. The van der Waals surface area contributed by atoms with Crippen molar-refractivity contribution < 1.29 is 38.3 Å². The Labute approximate surface area is 311 Å². The Morgan fingerprint density at radius 1 is 0.923 bits per heavy atom. The summed E-state index contributed by atoms with van der Waals surface area (Å²) in [4.78, 5) is 92.9. The molecule has 2 rings (SSSR count). The lowest BCUT2D eigenvalue weighted by Gasteiger charge is -2.35. The number of hydrogen-bond donors (Lipinski definition) is 3. The molecule has 4 amide bonds. The van der Waals surface area contributed by atoms with Crippen LogP contribution in [0.25, 0.3) is 0 Å². The third kappa shape index (κ3) is 15.3. The highest BCUT2D eigenvalue weighted by molar-refractivity contribution is 6.38. The van der Waals surface area contributed by atoms with Crippen molar-refractivity contribution in [2.75, 3.05) is 13.6 Å². The van der Waals surface area contributed by atoms with Crippen molar-refractivity contribution in [3.05, 3.63) is 35.9 Å². The Balaban J connectivity index is 0.00000627. The Bertz CT molecular complexity index is 1320. The van der Waals surface area contributed by atoms with Crippen LogP contribution in [0.3, 0.4) is 0 Å². The zero-order valence-electron chi connectivity index (χ0n) is 32.4. The minimum atomic E-state index is -0.959. The number of Topliss-reactive ketones (excluding diaryl/α,β-unsaturated/α-hetero) is 3. The van der Waals surface area contributed by atoms with E-state index in [4.69, 9.17) is 4.74 Å². The third-order valence-corrected chi connectivity index (χ3v) is 8.77. The fourth-order valence-corrected chi connectivity index (χ4v) is 5.59. The summed E-state index contributed by atoms with van der Waals surface area (Å²) in [6.45, 7) is 17.5. The number of nitrogens with zero attached hydrogens (tertiary/aromatic N) is 1. The molecule has 52 heavy (non-hydrogen) atoms. The second-order valence-electron chi connectivity index (χ2n) is 14.7. The second kappa shape index (κ2) is 23.5. The van der Waals surface area contributed by atoms with Crippen LogP contribution in [-0.2, 0) is 33.5 Å². The number of benzene rings is 1. The van der Waals surface area contributed by atoms with E-state index in [0.29, 0.717) is 37.8 Å². The summed E-state index contributed by atoms with van der Waals surface area (Å²) >= 11 is 0. The Morgan fingerprint density at radius 2 is 1.52 bits per heavy atom. The second-order valence-corrected chi connectivity index (χ2v) is 14.7. The van der Waals surface area contributed by atoms with E-state index in [2.05, 4.69) is 29.8 Å². The maximum absolute atomic E-state index is 13.8. The Kier molecular flexibility index (Phi) is 21.6. The molecular weight excluding hydrogens is 664 g/mol. The molecule has 0 radical (unpaired) electrons. The van der Waals surface area contributed by atoms with Crippen molar-refractivity contribution >= 4 is 41.2 Å². The van der Waals surface area contributed by atoms with Gasteiger partial charge in [-0.3, -0.25) is 28.8 Å². The van der Waals surface area contributed by atoms with Gasteiger partial charge in [0.25, 0.3) is 0 Å². The van der Waals surface area contributed by atoms with Crippen LogP contribution in [0, 0.1) is 17.3 Å². The van der Waals surface area contributed by atoms with Crippen molar-refractivity contribution in [2.45, 2.75) is 145 Å². The van der Waals surface area contributed by atoms with Gasteiger partial charge in [-0.25, -0.2) is 4.79 Å². The quantitative estimate of drug-likeness (QED) is 0.161. The molecule has 0 aromatic heterocycles. The lowest BCUT2D eigenvalue weighted by molar-refractivity contribution is -0.143. The van der Waals surface area contributed by atoms with E-state index >= 15 is 0 Å². The molecule has 1 aromatic carbocycles. The molecule has 0 bridgehead atoms. The van der Waals surface area contributed by atoms with Crippen LogP contribution in [-0.4, -0.2) is 77.8 Å². The number of carbonyl (C=O) groups excluding carboxylic acids is 7. The highest BCUT2D eigenvalue weighted by atomic mass is 16.6. The first-order chi connectivity index (χ1) is 23.9. The summed E-state index contributed by atoms with van der Waals surface area (Å²) in [6, 6.07) is 5.94. The summed E-state index contributed by atoms with van der Waals surface area (Å²) in [6.07, 6.45) is 1.12. The normalized spacial score (nSPS) is 16.1. The van der Waals surface area contributed by atoms with Gasteiger partial charge in [-0.1, -0.05) is 106 Å².